The number of rotatable bonds is 6. The van der Waals surface area contributed by atoms with E-state index in [1.54, 1.807) is 0 Å². The van der Waals surface area contributed by atoms with Gasteiger partial charge in [0.1, 0.15) is 0 Å². The Hall–Kier alpha value is -1.36. The molecule has 1 fully saturated rings. The van der Waals surface area contributed by atoms with Crippen LogP contribution in [-0.4, -0.2) is 45.7 Å². The summed E-state index contributed by atoms with van der Waals surface area (Å²) in [4.78, 5) is 22.5. The fraction of sp³-hybridized carbons (Fsp3) is 0.500. The number of carbonyl (C=O) groups is 2. The number of esters is 2. The Bertz CT molecular complexity index is 505. The third-order valence-electron chi connectivity index (χ3n) is 3.22. The molecule has 1 aliphatic heterocycles. The molecule has 0 aromatic heterocycles. The van der Waals surface area contributed by atoms with Crippen molar-refractivity contribution < 1.29 is 23.8 Å². The predicted octanol–water partition coefficient (Wildman–Crippen LogP) is 1.99. The Kier molecular flexibility index (Phi) is 6.43. The van der Waals surface area contributed by atoms with Crippen LogP contribution in [0.1, 0.15) is 19.4 Å². The first-order valence-corrected chi connectivity index (χ1v) is 9.34. The molecule has 6 heteroatoms. The van der Waals surface area contributed by atoms with Crippen molar-refractivity contribution >= 4 is 26.9 Å². The molecule has 0 aliphatic carbocycles. The van der Waals surface area contributed by atoms with E-state index >= 15 is 0 Å². The molecule has 22 heavy (non-hydrogen) atoms. The Morgan fingerprint density at radius 3 is 2.45 bits per heavy atom. The number of hydrogen-bond donors (Lipinski definition) is 0. The molecule has 1 heterocycles. The second kappa shape index (κ2) is 8.32. The van der Waals surface area contributed by atoms with E-state index in [0.717, 1.165) is 10.9 Å². The van der Waals surface area contributed by atoms with Crippen LogP contribution in [-0.2, 0) is 30.4 Å². The third kappa shape index (κ3) is 5.13. The number of ether oxygens (including phenoxy) is 3. The molecule has 0 unspecified atom stereocenters. The van der Waals surface area contributed by atoms with Crippen molar-refractivity contribution in [3.8, 4) is 0 Å². The van der Waals surface area contributed by atoms with Crippen LogP contribution in [0.15, 0.2) is 30.3 Å². The molecular weight excluding hydrogens is 351 g/mol. The monoisotopic (exact) mass is 372 g/mol. The van der Waals surface area contributed by atoms with Gasteiger partial charge in [0.2, 0.25) is 0 Å². The normalized spacial score (nSPS) is 24.0. The molecule has 0 radical (unpaired) electrons. The first kappa shape index (κ1) is 17.0. The summed E-state index contributed by atoms with van der Waals surface area (Å²) >= 11 is 0.219. The molecular formula is C16H20O5Se. The van der Waals surface area contributed by atoms with E-state index in [-0.39, 0.29) is 37.8 Å². The number of benzene rings is 1. The summed E-state index contributed by atoms with van der Waals surface area (Å²) in [6.45, 7) is 3.78. The Balaban J connectivity index is 1.88. The molecule has 5 nitrogen and oxygen atoms in total. The summed E-state index contributed by atoms with van der Waals surface area (Å²) < 4.78 is 16.4. The van der Waals surface area contributed by atoms with E-state index in [0.29, 0.717) is 13.2 Å². The van der Waals surface area contributed by atoms with E-state index in [4.69, 9.17) is 14.2 Å². The minimum atomic E-state index is -0.392. The van der Waals surface area contributed by atoms with Gasteiger partial charge < -0.3 is 0 Å². The van der Waals surface area contributed by atoms with E-state index in [9.17, 15) is 9.59 Å². The maximum absolute atomic E-state index is 11.3. The van der Waals surface area contributed by atoms with Crippen LogP contribution in [0.5, 0.6) is 0 Å². The second-order valence-corrected chi connectivity index (χ2v) is 7.76. The van der Waals surface area contributed by atoms with Crippen molar-refractivity contribution in [1.82, 2.24) is 0 Å². The van der Waals surface area contributed by atoms with Crippen LogP contribution < -0.4 is 0 Å². The van der Waals surface area contributed by atoms with Crippen LogP contribution in [0.25, 0.3) is 0 Å². The van der Waals surface area contributed by atoms with Crippen molar-refractivity contribution in [3.63, 3.8) is 0 Å². The van der Waals surface area contributed by atoms with Crippen LogP contribution >= 0.6 is 0 Å². The first-order valence-electron chi connectivity index (χ1n) is 7.14. The van der Waals surface area contributed by atoms with Crippen molar-refractivity contribution in [3.05, 3.63) is 35.9 Å². The molecule has 2 rings (SSSR count). The van der Waals surface area contributed by atoms with Gasteiger partial charge in [-0.15, -0.1) is 0 Å². The van der Waals surface area contributed by atoms with E-state index < -0.39 is 6.10 Å². The van der Waals surface area contributed by atoms with E-state index in [1.165, 1.54) is 13.8 Å². The molecule has 0 amide bonds. The van der Waals surface area contributed by atoms with Gasteiger partial charge in [-0.05, 0) is 0 Å². The summed E-state index contributed by atoms with van der Waals surface area (Å²) in [7, 11) is 0. The molecule has 1 aliphatic rings. The summed E-state index contributed by atoms with van der Waals surface area (Å²) in [6.07, 6.45) is -0.733. The van der Waals surface area contributed by atoms with Gasteiger partial charge in [-0.25, -0.2) is 0 Å². The van der Waals surface area contributed by atoms with Gasteiger partial charge in [-0.2, -0.15) is 0 Å². The van der Waals surface area contributed by atoms with Gasteiger partial charge >= 0.3 is 136 Å². The minimum absolute atomic E-state index is 0.115. The Labute approximate surface area is 136 Å². The second-order valence-electron chi connectivity index (χ2n) is 5.09. The Morgan fingerprint density at radius 1 is 1.14 bits per heavy atom. The standard InChI is InChI=1S/C16H20O5Se/c1-11(17)20-14-10-22-15(16(14)21-12(2)18)9-19-8-13-6-4-3-5-7-13/h3-7,14-16H,8-10H2,1-2H3/t14-,15+,16-/m0/s1. The molecule has 1 aromatic carbocycles. The van der Waals surface area contributed by atoms with Gasteiger partial charge in [0, 0.05) is 0 Å². The average Bonchev–Trinajstić information content (AvgIpc) is 2.81. The third-order valence-corrected chi connectivity index (χ3v) is 6.06. The molecule has 1 saturated heterocycles. The van der Waals surface area contributed by atoms with Crippen LogP contribution in [0, 0.1) is 0 Å². The van der Waals surface area contributed by atoms with Gasteiger partial charge in [-0.3, -0.25) is 0 Å². The molecule has 1 aromatic rings. The van der Waals surface area contributed by atoms with Crippen molar-refractivity contribution in [2.45, 2.75) is 42.8 Å². The van der Waals surface area contributed by atoms with Gasteiger partial charge in [-0.1, -0.05) is 0 Å². The molecule has 0 saturated carbocycles. The van der Waals surface area contributed by atoms with Crippen molar-refractivity contribution in [2.75, 3.05) is 6.61 Å². The zero-order chi connectivity index (χ0) is 15.9. The fourth-order valence-electron chi connectivity index (χ4n) is 2.32. The molecule has 3 atom stereocenters. The first-order chi connectivity index (χ1) is 10.6. The Morgan fingerprint density at radius 2 is 1.82 bits per heavy atom. The summed E-state index contributed by atoms with van der Waals surface area (Å²) in [6, 6.07) is 9.91. The fourth-order valence-corrected chi connectivity index (χ4v) is 5.06. The molecule has 0 bridgehead atoms. The van der Waals surface area contributed by atoms with E-state index in [1.807, 2.05) is 30.3 Å². The topological polar surface area (TPSA) is 61.8 Å². The van der Waals surface area contributed by atoms with Crippen LogP contribution in [0.2, 0.25) is 10.1 Å². The van der Waals surface area contributed by atoms with Gasteiger partial charge in [0.25, 0.3) is 0 Å². The summed E-state index contributed by atoms with van der Waals surface area (Å²) in [5.41, 5.74) is 1.11. The molecule has 0 spiro atoms. The average molecular weight is 371 g/mol. The number of hydrogen-bond acceptors (Lipinski definition) is 5. The van der Waals surface area contributed by atoms with Crippen LogP contribution in [0.4, 0.5) is 0 Å². The summed E-state index contributed by atoms with van der Waals surface area (Å²) in [5.74, 6) is -0.697. The predicted molar refractivity (Wildman–Crippen MR) is 81.5 cm³/mol. The number of carbonyl (C=O) groups excluding carboxylic acids is 2. The van der Waals surface area contributed by atoms with Gasteiger partial charge in [0.15, 0.2) is 0 Å². The quantitative estimate of drug-likeness (QED) is 0.565. The molecule has 120 valence electrons. The van der Waals surface area contributed by atoms with Crippen LogP contribution in [0.3, 0.4) is 0 Å². The van der Waals surface area contributed by atoms with Crippen molar-refractivity contribution in [1.29, 1.82) is 0 Å². The molecule has 0 N–H and O–H groups in total. The summed E-state index contributed by atoms with van der Waals surface area (Å²) in [5, 5.41) is 0.754. The van der Waals surface area contributed by atoms with Crippen molar-refractivity contribution in [2.24, 2.45) is 0 Å². The van der Waals surface area contributed by atoms with Gasteiger partial charge in [0.05, 0.1) is 0 Å². The maximum atomic E-state index is 11.3. The SMILES string of the molecule is CC(=O)O[C@H]1[C@@H](OC(C)=O)C[Se][C@@H]1COCc1ccccc1. The zero-order valence-electron chi connectivity index (χ0n) is 12.7. The zero-order valence-corrected chi connectivity index (χ0v) is 14.4. The van der Waals surface area contributed by atoms with E-state index in [2.05, 4.69) is 0 Å².